The Balaban J connectivity index is 1.40. The largest absolute Gasteiger partial charge is 0.381 e. The van der Waals surface area contributed by atoms with Gasteiger partial charge in [0, 0.05) is 43.3 Å². The van der Waals surface area contributed by atoms with Crippen LogP contribution < -0.4 is 5.32 Å². The average Bonchev–Trinajstić information content (AvgIpc) is 3.40. The van der Waals surface area contributed by atoms with Gasteiger partial charge in [0.25, 0.3) is 5.91 Å². The summed E-state index contributed by atoms with van der Waals surface area (Å²) in [6.45, 7) is 7.59. The van der Waals surface area contributed by atoms with Crippen LogP contribution in [-0.4, -0.2) is 55.4 Å². The molecule has 0 unspecified atom stereocenters. The number of benzene rings is 1. The van der Waals surface area contributed by atoms with E-state index < -0.39 is 0 Å². The molecule has 2 saturated heterocycles. The van der Waals surface area contributed by atoms with Gasteiger partial charge < -0.3 is 19.5 Å². The highest BCUT2D eigenvalue weighted by atomic mass is 16.5. The zero-order valence-corrected chi connectivity index (χ0v) is 16.6. The van der Waals surface area contributed by atoms with Crippen LogP contribution in [0.5, 0.6) is 0 Å². The molecule has 1 aromatic heterocycles. The van der Waals surface area contributed by atoms with Crippen molar-refractivity contribution in [3.63, 3.8) is 0 Å². The molecule has 28 heavy (non-hydrogen) atoms. The van der Waals surface area contributed by atoms with Gasteiger partial charge in [-0.3, -0.25) is 4.79 Å². The van der Waals surface area contributed by atoms with Crippen LogP contribution in [0.4, 0.5) is 0 Å². The predicted molar refractivity (Wildman–Crippen MR) is 107 cm³/mol. The van der Waals surface area contributed by atoms with Crippen molar-refractivity contribution in [3.8, 4) is 11.3 Å². The number of aromatic nitrogens is 1. The molecule has 2 aliphatic heterocycles. The van der Waals surface area contributed by atoms with Gasteiger partial charge in [-0.2, -0.15) is 0 Å². The maximum atomic E-state index is 12.7. The number of nitrogens with one attached hydrogen (secondary N) is 1. The Morgan fingerprint density at radius 3 is 2.61 bits per heavy atom. The van der Waals surface area contributed by atoms with Gasteiger partial charge in [0.1, 0.15) is 0 Å². The predicted octanol–water partition coefficient (Wildman–Crippen LogP) is 3.27. The Morgan fingerprint density at radius 2 is 1.89 bits per heavy atom. The molecule has 0 atom stereocenters. The average molecular weight is 383 g/mol. The highest BCUT2D eigenvalue weighted by Gasteiger charge is 2.35. The number of amides is 1. The van der Waals surface area contributed by atoms with E-state index in [9.17, 15) is 4.79 Å². The van der Waals surface area contributed by atoms with E-state index in [2.05, 4.69) is 15.4 Å². The maximum absolute atomic E-state index is 12.7. The second-order valence-corrected chi connectivity index (χ2v) is 8.22. The minimum absolute atomic E-state index is 0.0851. The molecule has 2 aromatic rings. The zero-order chi connectivity index (χ0) is 19.4. The van der Waals surface area contributed by atoms with Crippen molar-refractivity contribution >= 4 is 5.91 Å². The van der Waals surface area contributed by atoms with E-state index in [-0.39, 0.29) is 11.3 Å². The van der Waals surface area contributed by atoms with Gasteiger partial charge in [-0.1, -0.05) is 35.0 Å². The fourth-order valence-corrected chi connectivity index (χ4v) is 4.20. The molecule has 150 valence electrons. The molecular formula is C22H29N3O3. The van der Waals surface area contributed by atoms with Crippen molar-refractivity contribution in [2.45, 2.75) is 32.6 Å². The van der Waals surface area contributed by atoms with Crippen LogP contribution in [0, 0.1) is 12.3 Å². The SMILES string of the molecule is Cc1ccc(-c2cc(C(=O)NCC3(CN4CCCC4)CCOCC3)no2)cc1. The lowest BCUT2D eigenvalue weighted by atomic mass is 9.79. The number of ether oxygens (including phenoxy) is 1. The van der Waals surface area contributed by atoms with E-state index in [0.717, 1.165) is 38.2 Å². The third kappa shape index (κ3) is 4.45. The number of rotatable bonds is 6. The van der Waals surface area contributed by atoms with Crippen LogP contribution in [0.3, 0.4) is 0 Å². The third-order valence-corrected chi connectivity index (χ3v) is 6.01. The Morgan fingerprint density at radius 1 is 1.18 bits per heavy atom. The second kappa shape index (κ2) is 8.45. The molecular weight excluding hydrogens is 354 g/mol. The minimum atomic E-state index is -0.172. The number of hydrogen-bond donors (Lipinski definition) is 1. The first-order valence-electron chi connectivity index (χ1n) is 10.3. The highest BCUT2D eigenvalue weighted by Crippen LogP contribution is 2.32. The Bertz CT molecular complexity index is 788. The molecule has 4 rings (SSSR count). The molecule has 2 aliphatic rings. The van der Waals surface area contributed by atoms with E-state index >= 15 is 0 Å². The number of nitrogens with zero attached hydrogens (tertiary/aromatic N) is 2. The van der Waals surface area contributed by atoms with Gasteiger partial charge in [0.2, 0.25) is 0 Å². The maximum Gasteiger partial charge on any atom is 0.273 e. The van der Waals surface area contributed by atoms with Crippen molar-refractivity contribution < 1.29 is 14.1 Å². The number of aryl methyl sites for hydroxylation is 1. The van der Waals surface area contributed by atoms with Crippen LogP contribution >= 0.6 is 0 Å². The van der Waals surface area contributed by atoms with Crippen molar-refractivity contribution in [1.29, 1.82) is 0 Å². The standard InChI is InChI=1S/C22H29N3O3/c1-17-4-6-18(7-5-17)20-14-19(24-28-20)21(26)23-15-22(8-12-27-13-9-22)16-25-10-2-3-11-25/h4-7,14H,2-3,8-13,15-16H2,1H3,(H,23,26). The van der Waals surface area contributed by atoms with Gasteiger partial charge in [-0.05, 0) is 45.7 Å². The quantitative estimate of drug-likeness (QED) is 0.829. The first-order valence-corrected chi connectivity index (χ1v) is 10.3. The fraction of sp³-hybridized carbons (Fsp3) is 0.545. The van der Waals surface area contributed by atoms with Crippen LogP contribution in [0.2, 0.25) is 0 Å². The van der Waals surface area contributed by atoms with Crippen LogP contribution in [0.1, 0.15) is 41.7 Å². The van der Waals surface area contributed by atoms with Crippen LogP contribution in [0.25, 0.3) is 11.3 Å². The van der Waals surface area contributed by atoms with Crippen molar-refractivity contribution in [3.05, 3.63) is 41.6 Å². The second-order valence-electron chi connectivity index (χ2n) is 8.22. The van der Waals surface area contributed by atoms with E-state index in [4.69, 9.17) is 9.26 Å². The van der Waals surface area contributed by atoms with Crippen molar-refractivity contribution in [2.75, 3.05) is 39.4 Å². The third-order valence-electron chi connectivity index (χ3n) is 6.01. The summed E-state index contributed by atoms with van der Waals surface area (Å²) in [5.41, 5.74) is 2.52. The summed E-state index contributed by atoms with van der Waals surface area (Å²) in [5.74, 6) is 0.442. The molecule has 0 bridgehead atoms. The summed E-state index contributed by atoms with van der Waals surface area (Å²) in [6.07, 6.45) is 4.52. The van der Waals surface area contributed by atoms with Crippen molar-refractivity contribution in [1.82, 2.24) is 15.4 Å². The topological polar surface area (TPSA) is 67.6 Å². The summed E-state index contributed by atoms with van der Waals surface area (Å²) in [4.78, 5) is 15.2. The normalized spacial score (nSPS) is 19.6. The lowest BCUT2D eigenvalue weighted by molar-refractivity contribution is -0.000670. The molecule has 0 saturated carbocycles. The van der Waals surface area contributed by atoms with Gasteiger partial charge in [0.05, 0.1) is 0 Å². The molecule has 0 spiro atoms. The molecule has 1 N–H and O–H groups in total. The van der Waals surface area contributed by atoms with E-state index in [1.807, 2.05) is 31.2 Å². The summed E-state index contributed by atoms with van der Waals surface area (Å²) in [7, 11) is 0. The lowest BCUT2D eigenvalue weighted by Gasteiger charge is -2.40. The first-order chi connectivity index (χ1) is 13.6. The number of carbonyl (C=O) groups is 1. The monoisotopic (exact) mass is 383 g/mol. The molecule has 2 fully saturated rings. The van der Waals surface area contributed by atoms with Gasteiger partial charge in [0.15, 0.2) is 11.5 Å². The molecule has 6 nitrogen and oxygen atoms in total. The lowest BCUT2D eigenvalue weighted by Crippen LogP contribution is -2.48. The minimum Gasteiger partial charge on any atom is -0.381 e. The summed E-state index contributed by atoms with van der Waals surface area (Å²) in [6, 6.07) is 9.71. The Labute approximate surface area is 166 Å². The van der Waals surface area contributed by atoms with Gasteiger partial charge >= 0.3 is 0 Å². The zero-order valence-electron chi connectivity index (χ0n) is 16.6. The summed E-state index contributed by atoms with van der Waals surface area (Å²) >= 11 is 0. The fourth-order valence-electron chi connectivity index (χ4n) is 4.20. The Kier molecular flexibility index (Phi) is 5.78. The van der Waals surface area contributed by atoms with Crippen molar-refractivity contribution in [2.24, 2.45) is 5.41 Å². The Hall–Kier alpha value is -2.18. The summed E-state index contributed by atoms with van der Waals surface area (Å²) in [5, 5.41) is 7.10. The van der Waals surface area contributed by atoms with E-state index in [1.54, 1.807) is 6.07 Å². The number of hydrogen-bond acceptors (Lipinski definition) is 5. The van der Waals surface area contributed by atoms with Gasteiger partial charge in [-0.15, -0.1) is 0 Å². The molecule has 1 aromatic carbocycles. The van der Waals surface area contributed by atoms with Crippen LogP contribution in [0.15, 0.2) is 34.9 Å². The molecule has 0 radical (unpaired) electrons. The number of likely N-dealkylation sites (tertiary alicyclic amines) is 1. The summed E-state index contributed by atoms with van der Waals surface area (Å²) < 4.78 is 11.0. The first kappa shape index (κ1) is 19.2. The highest BCUT2D eigenvalue weighted by molar-refractivity contribution is 5.93. The molecule has 1 amide bonds. The van der Waals surface area contributed by atoms with Crippen LogP contribution in [-0.2, 0) is 4.74 Å². The van der Waals surface area contributed by atoms with E-state index in [1.165, 1.54) is 31.5 Å². The van der Waals surface area contributed by atoms with Gasteiger partial charge in [-0.25, -0.2) is 0 Å². The van der Waals surface area contributed by atoms with E-state index in [0.29, 0.717) is 18.0 Å². The molecule has 3 heterocycles. The molecule has 0 aliphatic carbocycles. The number of carbonyl (C=O) groups excluding carboxylic acids is 1. The molecule has 6 heteroatoms. The smallest absolute Gasteiger partial charge is 0.273 e.